The third-order valence-corrected chi connectivity index (χ3v) is 17.6. The molecular formula is C78H141NO10. The number of hydrogen-bond donors (Lipinski definition) is 6. The number of allylic oxidation sites excluding steroid dienone is 11. The summed E-state index contributed by atoms with van der Waals surface area (Å²) in [5, 5.41) is 57.3. The molecule has 0 aromatic carbocycles. The molecule has 1 heterocycles. The van der Waals surface area contributed by atoms with E-state index in [1.165, 1.54) is 193 Å². The summed E-state index contributed by atoms with van der Waals surface area (Å²) in [6.07, 6.45) is 75.3. The molecule has 0 aromatic heterocycles. The molecule has 11 heteroatoms. The molecule has 0 aliphatic carbocycles. The highest BCUT2D eigenvalue weighted by Crippen LogP contribution is 2.26. The summed E-state index contributed by atoms with van der Waals surface area (Å²) in [7, 11) is 0. The Morgan fingerprint density at radius 2 is 0.809 bits per heavy atom. The first-order chi connectivity index (χ1) is 43.7. The van der Waals surface area contributed by atoms with Gasteiger partial charge in [-0.05, 0) is 70.6 Å². The molecule has 0 bridgehead atoms. The van der Waals surface area contributed by atoms with Gasteiger partial charge in [0.1, 0.15) is 24.4 Å². The fourth-order valence-corrected chi connectivity index (χ4v) is 11.7. The van der Waals surface area contributed by atoms with Crippen molar-refractivity contribution in [2.45, 2.75) is 397 Å². The maximum Gasteiger partial charge on any atom is 0.306 e. The molecule has 11 nitrogen and oxygen atoms in total. The van der Waals surface area contributed by atoms with Crippen LogP contribution in [0.5, 0.6) is 0 Å². The second-order valence-corrected chi connectivity index (χ2v) is 26.0. The molecule has 8 atom stereocenters. The fraction of sp³-hybridized carbons (Fsp3) is 0.821. The Bertz CT molecular complexity index is 1730. The molecule has 0 spiro atoms. The second kappa shape index (κ2) is 65.2. The second-order valence-electron chi connectivity index (χ2n) is 26.0. The van der Waals surface area contributed by atoms with Crippen LogP contribution in [0.2, 0.25) is 0 Å². The number of aliphatic hydroxyl groups excluding tert-OH is 5. The van der Waals surface area contributed by atoms with Gasteiger partial charge in [-0.25, -0.2) is 0 Å². The summed E-state index contributed by atoms with van der Waals surface area (Å²) in [6.45, 7) is 5.71. The summed E-state index contributed by atoms with van der Waals surface area (Å²) in [5.74, 6) is -1.20. The number of carbonyl (C=O) groups excluding carboxylic acids is 2. The molecule has 8 unspecified atom stereocenters. The number of hydrogen-bond acceptors (Lipinski definition) is 10. The number of rotatable bonds is 65. The van der Waals surface area contributed by atoms with E-state index in [9.17, 15) is 35.1 Å². The van der Waals surface area contributed by atoms with Gasteiger partial charge in [-0.15, -0.1) is 0 Å². The van der Waals surface area contributed by atoms with Crippen LogP contribution in [0.15, 0.2) is 72.9 Å². The van der Waals surface area contributed by atoms with E-state index in [0.717, 1.165) is 109 Å². The topological polar surface area (TPSA) is 175 Å². The first-order valence-corrected chi connectivity index (χ1v) is 37.7. The third-order valence-electron chi connectivity index (χ3n) is 17.6. The van der Waals surface area contributed by atoms with Gasteiger partial charge in [0.05, 0.1) is 25.4 Å². The molecule has 1 fully saturated rings. The van der Waals surface area contributed by atoms with Gasteiger partial charge in [-0.1, -0.05) is 344 Å². The van der Waals surface area contributed by atoms with Gasteiger partial charge < -0.3 is 45.1 Å². The SMILES string of the molecule is CC/C=C\C/C=C\C/C=C\C/C=C\C/C=C\CCCCCCCCC(O)C(=O)NC(COC1OC(CO)C(O)C(O)C1OC(=O)CCCCCCCCCCCCCCCCCCCCCCCCCCCCC)C(O)/C=C/CCCCCCCCCCC. The van der Waals surface area contributed by atoms with E-state index in [0.29, 0.717) is 12.8 Å². The van der Waals surface area contributed by atoms with E-state index in [2.05, 4.69) is 86.8 Å². The molecule has 1 aliphatic heterocycles. The highest BCUT2D eigenvalue weighted by Gasteiger charge is 2.47. The van der Waals surface area contributed by atoms with Crippen molar-refractivity contribution >= 4 is 11.9 Å². The van der Waals surface area contributed by atoms with Crippen LogP contribution in [-0.4, -0.2) is 99.6 Å². The van der Waals surface area contributed by atoms with Crippen molar-refractivity contribution in [2.24, 2.45) is 0 Å². The van der Waals surface area contributed by atoms with E-state index in [1.54, 1.807) is 6.08 Å². The minimum atomic E-state index is -1.62. The Kier molecular flexibility index (Phi) is 61.6. The van der Waals surface area contributed by atoms with Crippen LogP contribution in [0.4, 0.5) is 0 Å². The van der Waals surface area contributed by atoms with E-state index >= 15 is 0 Å². The molecular weight excluding hydrogens is 1110 g/mol. The van der Waals surface area contributed by atoms with Gasteiger partial charge in [0.25, 0.3) is 0 Å². The minimum Gasteiger partial charge on any atom is -0.454 e. The number of unbranched alkanes of at least 4 members (excludes halogenated alkanes) is 41. The number of aliphatic hydroxyl groups is 5. The quantitative estimate of drug-likeness (QED) is 0.0195. The first-order valence-electron chi connectivity index (χ1n) is 37.7. The highest BCUT2D eigenvalue weighted by molar-refractivity contribution is 5.80. The molecule has 0 saturated carbocycles. The van der Waals surface area contributed by atoms with Gasteiger partial charge in [-0.3, -0.25) is 9.59 Å². The van der Waals surface area contributed by atoms with Crippen molar-refractivity contribution in [1.29, 1.82) is 0 Å². The molecule has 0 aromatic rings. The maximum absolute atomic E-state index is 13.5. The Morgan fingerprint density at radius 3 is 1.21 bits per heavy atom. The Hall–Kier alpha value is -2.90. The van der Waals surface area contributed by atoms with Crippen LogP contribution in [0.1, 0.15) is 348 Å². The zero-order chi connectivity index (χ0) is 64.6. The lowest BCUT2D eigenvalue weighted by atomic mass is 9.99. The van der Waals surface area contributed by atoms with Gasteiger partial charge in [0.15, 0.2) is 12.4 Å². The predicted octanol–water partition coefficient (Wildman–Crippen LogP) is 19.9. The fourth-order valence-electron chi connectivity index (χ4n) is 11.7. The molecule has 89 heavy (non-hydrogen) atoms. The monoisotopic (exact) mass is 1250 g/mol. The van der Waals surface area contributed by atoms with Gasteiger partial charge in [0, 0.05) is 6.42 Å². The number of amides is 1. The van der Waals surface area contributed by atoms with Crippen molar-refractivity contribution in [2.75, 3.05) is 13.2 Å². The lowest BCUT2D eigenvalue weighted by Gasteiger charge is -2.41. The molecule has 1 aliphatic rings. The van der Waals surface area contributed by atoms with E-state index in [-0.39, 0.29) is 19.4 Å². The standard InChI is InChI=1S/C78H141NO10/c1-4-7-10-13-16-19-22-24-26-28-30-32-34-35-36-37-38-40-42-44-46-48-51-54-57-60-63-66-73(83)89-76-75(85)74(84)72(67-80)88-78(76)87-68-69(70(81)64-61-58-55-52-49-21-18-15-12-9-6-3)79-77(86)71(82)65-62-59-56-53-50-47-45-43-41-39-33-31-29-27-25-23-20-17-14-11-8-5-2/h8,11,17,20,25,27,31,33,41,43,61,64,69-72,74-76,78,80-82,84-85H,4-7,9-10,12-16,18-19,21-24,26,28-30,32,34-40,42,44-60,62-63,65-68H2,1-3H3,(H,79,86)/b11-8-,20-17-,27-25-,33-31-,43-41-,64-61+. The van der Waals surface area contributed by atoms with Crippen LogP contribution >= 0.6 is 0 Å². The highest BCUT2D eigenvalue weighted by atomic mass is 16.7. The van der Waals surface area contributed by atoms with Crippen molar-refractivity contribution in [1.82, 2.24) is 5.32 Å². The maximum atomic E-state index is 13.5. The van der Waals surface area contributed by atoms with Crippen molar-refractivity contribution < 1.29 is 49.3 Å². The van der Waals surface area contributed by atoms with Crippen LogP contribution in [0.3, 0.4) is 0 Å². The average Bonchev–Trinajstić information content (AvgIpc) is 2.36. The lowest BCUT2D eigenvalue weighted by molar-refractivity contribution is -0.305. The van der Waals surface area contributed by atoms with Crippen LogP contribution in [0, 0.1) is 0 Å². The summed E-state index contributed by atoms with van der Waals surface area (Å²) < 4.78 is 17.7. The van der Waals surface area contributed by atoms with Crippen molar-refractivity contribution in [3.05, 3.63) is 72.9 Å². The lowest BCUT2D eigenvalue weighted by Crippen LogP contribution is -2.61. The largest absolute Gasteiger partial charge is 0.454 e. The number of ether oxygens (including phenoxy) is 3. The summed E-state index contributed by atoms with van der Waals surface area (Å²) in [5.41, 5.74) is 0. The number of carbonyl (C=O) groups is 2. The van der Waals surface area contributed by atoms with Crippen LogP contribution in [0.25, 0.3) is 0 Å². The average molecular weight is 1250 g/mol. The summed E-state index contributed by atoms with van der Waals surface area (Å²) in [4.78, 5) is 26.7. The van der Waals surface area contributed by atoms with Crippen LogP contribution < -0.4 is 5.32 Å². The third kappa shape index (κ3) is 52.2. The van der Waals surface area contributed by atoms with E-state index in [4.69, 9.17) is 14.2 Å². The molecule has 1 saturated heterocycles. The van der Waals surface area contributed by atoms with E-state index < -0.39 is 67.4 Å². The molecule has 518 valence electrons. The molecule has 1 amide bonds. The van der Waals surface area contributed by atoms with E-state index in [1.807, 2.05) is 6.08 Å². The van der Waals surface area contributed by atoms with Gasteiger partial charge in [-0.2, -0.15) is 0 Å². The van der Waals surface area contributed by atoms with Crippen molar-refractivity contribution in [3.63, 3.8) is 0 Å². The molecule has 6 N–H and O–H groups in total. The normalized spacial score (nSPS) is 18.5. The van der Waals surface area contributed by atoms with Crippen molar-refractivity contribution in [3.8, 4) is 0 Å². The number of esters is 1. The summed E-state index contributed by atoms with van der Waals surface area (Å²) in [6, 6.07) is -1.03. The minimum absolute atomic E-state index is 0.125. The summed E-state index contributed by atoms with van der Waals surface area (Å²) >= 11 is 0. The zero-order valence-electron chi connectivity index (χ0n) is 57.8. The Labute approximate surface area is 547 Å². The number of nitrogens with one attached hydrogen (secondary N) is 1. The van der Waals surface area contributed by atoms with Gasteiger partial charge in [0.2, 0.25) is 5.91 Å². The Morgan fingerprint density at radius 1 is 0.449 bits per heavy atom. The first kappa shape index (κ1) is 84.1. The Balaban J connectivity index is 2.51. The zero-order valence-corrected chi connectivity index (χ0v) is 57.8. The van der Waals surface area contributed by atoms with Gasteiger partial charge >= 0.3 is 5.97 Å². The molecule has 0 radical (unpaired) electrons. The van der Waals surface area contributed by atoms with Crippen LogP contribution in [-0.2, 0) is 23.8 Å². The smallest absolute Gasteiger partial charge is 0.306 e. The molecule has 1 rings (SSSR count). The predicted molar refractivity (Wildman–Crippen MR) is 375 cm³/mol.